The molecule has 2 rings (SSSR count). The average molecular weight is 282 g/mol. The van der Waals surface area contributed by atoms with Crippen LogP contribution in [0.25, 0.3) is 0 Å². The highest BCUT2D eigenvalue weighted by atomic mass is 32.2. The normalized spacial score (nSPS) is 15.0. The van der Waals surface area contributed by atoms with E-state index in [-0.39, 0.29) is 18.2 Å². The van der Waals surface area contributed by atoms with E-state index in [1.165, 1.54) is 0 Å². The first kappa shape index (κ1) is 13.9. The van der Waals surface area contributed by atoms with Gasteiger partial charge in [-0.05, 0) is 37.1 Å². The van der Waals surface area contributed by atoms with E-state index in [2.05, 4.69) is 10.6 Å². The summed E-state index contributed by atoms with van der Waals surface area (Å²) in [6.07, 6.45) is 2.13. The second kappa shape index (κ2) is 5.61. The van der Waals surface area contributed by atoms with Crippen molar-refractivity contribution >= 4 is 21.4 Å². The van der Waals surface area contributed by atoms with Crippen LogP contribution in [-0.4, -0.2) is 32.7 Å². The van der Waals surface area contributed by atoms with Crippen LogP contribution in [0.2, 0.25) is 0 Å². The molecular formula is C13H18N2O3S. The number of carbonyl (C=O) groups is 1. The van der Waals surface area contributed by atoms with Gasteiger partial charge in [0.1, 0.15) is 0 Å². The lowest BCUT2D eigenvalue weighted by Gasteiger charge is -2.08. The lowest BCUT2D eigenvalue weighted by atomic mass is 10.3. The van der Waals surface area contributed by atoms with Gasteiger partial charge in [0.25, 0.3) is 0 Å². The minimum Gasteiger partial charge on any atom is -0.376 e. The molecule has 1 aromatic carbocycles. The first-order chi connectivity index (χ1) is 9.01. The molecule has 19 heavy (non-hydrogen) atoms. The molecule has 0 spiro atoms. The molecule has 0 aliphatic heterocycles. The summed E-state index contributed by atoms with van der Waals surface area (Å²) < 4.78 is 23.2. The van der Waals surface area contributed by atoms with E-state index in [0.29, 0.717) is 10.9 Å². The zero-order valence-electron chi connectivity index (χ0n) is 10.8. The van der Waals surface area contributed by atoms with E-state index in [0.717, 1.165) is 18.5 Å². The second-order valence-corrected chi connectivity index (χ2v) is 6.90. The molecule has 1 aliphatic carbocycles. The van der Waals surface area contributed by atoms with Crippen LogP contribution in [-0.2, 0) is 14.6 Å². The van der Waals surface area contributed by atoms with Gasteiger partial charge in [-0.15, -0.1) is 0 Å². The third-order valence-electron chi connectivity index (χ3n) is 2.99. The average Bonchev–Trinajstić information content (AvgIpc) is 3.21. The Morgan fingerprint density at radius 1 is 1.26 bits per heavy atom. The Bertz CT molecular complexity index is 548. The van der Waals surface area contributed by atoms with E-state index in [1.54, 1.807) is 31.2 Å². The summed E-state index contributed by atoms with van der Waals surface area (Å²) in [6.45, 7) is 1.82. The van der Waals surface area contributed by atoms with E-state index < -0.39 is 9.84 Å². The van der Waals surface area contributed by atoms with E-state index in [9.17, 15) is 13.2 Å². The number of carbonyl (C=O) groups excluding carboxylic acids is 1. The van der Waals surface area contributed by atoms with Gasteiger partial charge in [-0.3, -0.25) is 4.79 Å². The fourth-order valence-corrected chi connectivity index (χ4v) is 2.52. The number of anilines is 1. The summed E-state index contributed by atoms with van der Waals surface area (Å²) >= 11 is 0. The van der Waals surface area contributed by atoms with Gasteiger partial charge in [-0.1, -0.05) is 6.92 Å². The smallest absolute Gasteiger partial charge is 0.239 e. The van der Waals surface area contributed by atoms with Gasteiger partial charge in [0, 0.05) is 11.7 Å². The lowest BCUT2D eigenvalue weighted by molar-refractivity contribution is -0.119. The molecular weight excluding hydrogens is 264 g/mol. The van der Waals surface area contributed by atoms with Gasteiger partial charge in [-0.2, -0.15) is 0 Å². The summed E-state index contributed by atoms with van der Waals surface area (Å²) in [5.74, 6) is 0.0524. The monoisotopic (exact) mass is 282 g/mol. The van der Waals surface area contributed by atoms with Crippen molar-refractivity contribution in [2.24, 2.45) is 0 Å². The molecule has 1 aromatic rings. The molecule has 0 saturated heterocycles. The molecule has 0 atom stereocenters. The molecule has 5 nitrogen and oxygen atoms in total. The molecule has 0 radical (unpaired) electrons. The molecule has 0 bridgehead atoms. The van der Waals surface area contributed by atoms with Crippen LogP contribution in [0, 0.1) is 0 Å². The van der Waals surface area contributed by atoms with Crippen LogP contribution >= 0.6 is 0 Å². The van der Waals surface area contributed by atoms with E-state index in [4.69, 9.17) is 0 Å². The molecule has 1 saturated carbocycles. The second-order valence-electron chi connectivity index (χ2n) is 4.62. The van der Waals surface area contributed by atoms with Gasteiger partial charge in [0.2, 0.25) is 5.91 Å². The fourth-order valence-electron chi connectivity index (χ4n) is 1.64. The summed E-state index contributed by atoms with van der Waals surface area (Å²) in [4.78, 5) is 11.8. The number of rotatable bonds is 6. The first-order valence-electron chi connectivity index (χ1n) is 6.37. The third kappa shape index (κ3) is 3.96. The van der Waals surface area contributed by atoms with Gasteiger partial charge in [-0.25, -0.2) is 8.42 Å². The Morgan fingerprint density at radius 3 is 2.42 bits per heavy atom. The van der Waals surface area contributed by atoms with Crippen molar-refractivity contribution in [2.75, 3.05) is 17.6 Å². The molecule has 1 aliphatic rings. The molecule has 0 unspecified atom stereocenters. The highest BCUT2D eigenvalue weighted by molar-refractivity contribution is 7.91. The van der Waals surface area contributed by atoms with Crippen LogP contribution in [0.1, 0.15) is 19.8 Å². The summed E-state index contributed by atoms with van der Waals surface area (Å²) in [5.41, 5.74) is 0.737. The first-order valence-corrected chi connectivity index (χ1v) is 8.02. The zero-order chi connectivity index (χ0) is 13.9. The number of nitrogens with one attached hydrogen (secondary N) is 2. The number of hydrogen-bond acceptors (Lipinski definition) is 4. The Hall–Kier alpha value is -1.56. The summed E-state index contributed by atoms with van der Waals surface area (Å²) in [7, 11) is -3.16. The molecule has 0 heterocycles. The van der Waals surface area contributed by atoms with Crippen LogP contribution < -0.4 is 10.6 Å². The van der Waals surface area contributed by atoms with Gasteiger partial charge < -0.3 is 10.6 Å². The molecule has 1 amide bonds. The van der Waals surface area contributed by atoms with Crippen LogP contribution in [0.5, 0.6) is 0 Å². The number of amides is 1. The van der Waals surface area contributed by atoms with Crippen LogP contribution in [0.4, 0.5) is 5.69 Å². The quantitative estimate of drug-likeness (QED) is 0.821. The van der Waals surface area contributed by atoms with Crippen LogP contribution in [0.3, 0.4) is 0 Å². The van der Waals surface area contributed by atoms with Crippen molar-refractivity contribution < 1.29 is 13.2 Å². The Kier molecular flexibility index (Phi) is 4.09. The van der Waals surface area contributed by atoms with Crippen molar-refractivity contribution in [1.29, 1.82) is 0 Å². The minimum absolute atomic E-state index is 0.0345. The maximum Gasteiger partial charge on any atom is 0.239 e. The SMILES string of the molecule is CCS(=O)(=O)c1ccc(NCC(=O)NC2CC2)cc1. The predicted octanol–water partition coefficient (Wildman–Crippen LogP) is 1.17. The zero-order valence-corrected chi connectivity index (χ0v) is 11.7. The third-order valence-corrected chi connectivity index (χ3v) is 4.74. The molecule has 104 valence electrons. The van der Waals surface area contributed by atoms with Gasteiger partial charge in [0.15, 0.2) is 9.84 Å². The van der Waals surface area contributed by atoms with Crippen LogP contribution in [0.15, 0.2) is 29.2 Å². The van der Waals surface area contributed by atoms with Crippen molar-refractivity contribution in [3.8, 4) is 0 Å². The van der Waals surface area contributed by atoms with Gasteiger partial charge >= 0.3 is 0 Å². The van der Waals surface area contributed by atoms with E-state index in [1.807, 2.05) is 0 Å². The minimum atomic E-state index is -3.16. The predicted molar refractivity (Wildman–Crippen MR) is 73.8 cm³/mol. The number of hydrogen-bond donors (Lipinski definition) is 2. The summed E-state index contributed by atoms with van der Waals surface area (Å²) in [5, 5.41) is 5.84. The molecule has 6 heteroatoms. The molecule has 1 fully saturated rings. The maximum absolute atomic E-state index is 11.6. The largest absolute Gasteiger partial charge is 0.376 e. The summed E-state index contributed by atoms with van der Waals surface area (Å²) in [6, 6.07) is 6.81. The van der Waals surface area contributed by atoms with Crippen molar-refractivity contribution in [3.05, 3.63) is 24.3 Å². The Labute approximate surface area is 113 Å². The standard InChI is InChI=1S/C13H18N2O3S/c1-2-19(17,18)12-7-5-10(6-8-12)14-9-13(16)15-11-3-4-11/h5-8,11,14H,2-4,9H2,1H3,(H,15,16). The topological polar surface area (TPSA) is 75.3 Å². The maximum atomic E-state index is 11.6. The highest BCUT2D eigenvalue weighted by Crippen LogP contribution is 2.18. The van der Waals surface area contributed by atoms with Crippen molar-refractivity contribution in [3.63, 3.8) is 0 Å². The van der Waals surface area contributed by atoms with Crippen molar-refractivity contribution in [2.45, 2.75) is 30.7 Å². The molecule has 2 N–H and O–H groups in total. The molecule has 0 aromatic heterocycles. The Morgan fingerprint density at radius 2 is 1.89 bits per heavy atom. The van der Waals surface area contributed by atoms with Gasteiger partial charge in [0.05, 0.1) is 17.2 Å². The lowest BCUT2D eigenvalue weighted by Crippen LogP contribution is -2.31. The highest BCUT2D eigenvalue weighted by Gasteiger charge is 2.22. The van der Waals surface area contributed by atoms with E-state index >= 15 is 0 Å². The number of sulfone groups is 1. The number of benzene rings is 1. The Balaban J connectivity index is 1.89. The van der Waals surface area contributed by atoms with Crippen molar-refractivity contribution in [1.82, 2.24) is 5.32 Å². The fraction of sp³-hybridized carbons (Fsp3) is 0.462.